The molecule has 3 atom stereocenters. The van der Waals surface area contributed by atoms with Crippen LogP contribution in [0, 0.1) is 18.8 Å². The topological polar surface area (TPSA) is 96.8 Å². The molecule has 1 aromatic carbocycles. The number of hydrogen-bond acceptors (Lipinski definition) is 6. The number of Topliss-reactive ketones (excluding diaryl/α,β-unsaturated/α-hetero) is 1. The maximum atomic E-state index is 13.7. The fraction of sp³-hybridized carbons (Fsp3) is 0.571. The lowest BCUT2D eigenvalue weighted by Crippen LogP contribution is -2.54. The van der Waals surface area contributed by atoms with Crippen LogP contribution in [0.2, 0.25) is 0 Å². The van der Waals surface area contributed by atoms with Crippen LogP contribution in [0.15, 0.2) is 36.4 Å². The minimum absolute atomic E-state index is 0.0619. The van der Waals surface area contributed by atoms with E-state index in [1.54, 1.807) is 17.3 Å². The summed E-state index contributed by atoms with van der Waals surface area (Å²) in [4.78, 5) is 17.4. The van der Waals surface area contributed by atoms with Crippen molar-refractivity contribution in [1.29, 1.82) is 0 Å². The van der Waals surface area contributed by atoms with E-state index >= 15 is 0 Å². The molecule has 2 heterocycles. The molecule has 1 saturated heterocycles. The number of aromatic nitrogens is 1. The molecule has 3 unspecified atom stereocenters. The van der Waals surface area contributed by atoms with Crippen molar-refractivity contribution in [3.8, 4) is 17.1 Å². The van der Waals surface area contributed by atoms with Crippen LogP contribution in [-0.4, -0.2) is 59.6 Å². The molecule has 0 spiro atoms. The zero-order chi connectivity index (χ0) is 26.1. The smallest absolute Gasteiger partial charge is 0.227 e. The molecule has 2 aliphatic rings. The monoisotopic (exact) mass is 514 g/mol. The number of hydrogen-bond donors (Lipinski definition) is 1. The number of ketones is 1. The van der Waals surface area contributed by atoms with Gasteiger partial charge in [-0.1, -0.05) is 44.5 Å². The standard InChI is InChI=1S/C28H38N2O5S/c1-5-24-20(3)18-26(32)28(24,4)36(33,34)30-13-11-21(12-14-30)22-9-10-23(19(2)17-22)25-7-6-8-27(29-25)35-16-15-31/h6-10,17,20-21,24,31H,5,11-16,18H2,1-4H3. The Bertz CT molecular complexity index is 1210. The first-order valence-electron chi connectivity index (χ1n) is 13.0. The largest absolute Gasteiger partial charge is 0.475 e. The molecule has 1 saturated carbocycles. The van der Waals surface area contributed by atoms with E-state index in [1.165, 1.54) is 5.56 Å². The van der Waals surface area contributed by atoms with Gasteiger partial charge in [0, 0.05) is 31.1 Å². The van der Waals surface area contributed by atoms with Gasteiger partial charge in [0.1, 0.15) is 11.4 Å². The molecule has 2 fully saturated rings. The third-order valence-electron chi connectivity index (χ3n) is 8.29. The van der Waals surface area contributed by atoms with E-state index in [9.17, 15) is 13.2 Å². The average Bonchev–Trinajstić information content (AvgIpc) is 3.11. The second kappa shape index (κ2) is 10.6. The van der Waals surface area contributed by atoms with Crippen LogP contribution >= 0.6 is 0 Å². The number of benzene rings is 1. The summed E-state index contributed by atoms with van der Waals surface area (Å²) in [5, 5.41) is 8.98. The minimum Gasteiger partial charge on any atom is -0.475 e. The van der Waals surface area contributed by atoms with E-state index in [-0.39, 0.29) is 36.8 Å². The van der Waals surface area contributed by atoms with Crippen molar-refractivity contribution in [3.05, 3.63) is 47.5 Å². The van der Waals surface area contributed by atoms with Crippen molar-refractivity contribution < 1.29 is 23.1 Å². The second-order valence-electron chi connectivity index (χ2n) is 10.4. The van der Waals surface area contributed by atoms with Crippen LogP contribution in [-0.2, 0) is 14.8 Å². The Morgan fingerprint density at radius 2 is 1.92 bits per heavy atom. The number of aliphatic hydroxyl groups excluding tert-OH is 1. The first kappa shape index (κ1) is 26.8. The van der Waals surface area contributed by atoms with Gasteiger partial charge in [-0.3, -0.25) is 4.79 Å². The molecule has 0 amide bonds. The maximum Gasteiger partial charge on any atom is 0.227 e. The van der Waals surface area contributed by atoms with Crippen molar-refractivity contribution in [2.75, 3.05) is 26.3 Å². The summed E-state index contributed by atoms with van der Waals surface area (Å²) in [6, 6.07) is 11.9. The Kier molecular flexibility index (Phi) is 7.88. The maximum absolute atomic E-state index is 13.7. The third kappa shape index (κ3) is 4.71. The van der Waals surface area contributed by atoms with Crippen molar-refractivity contribution in [2.24, 2.45) is 11.8 Å². The predicted molar refractivity (Wildman–Crippen MR) is 140 cm³/mol. The number of ether oxygens (including phenoxy) is 1. The first-order chi connectivity index (χ1) is 17.1. The Morgan fingerprint density at radius 3 is 2.56 bits per heavy atom. The highest BCUT2D eigenvalue weighted by atomic mass is 32.2. The van der Waals surface area contributed by atoms with Crippen LogP contribution in [0.3, 0.4) is 0 Å². The molecule has 196 valence electrons. The van der Waals surface area contributed by atoms with Crippen LogP contribution in [0.25, 0.3) is 11.3 Å². The summed E-state index contributed by atoms with van der Waals surface area (Å²) < 4.78 is 33.1. The molecule has 1 aliphatic carbocycles. The number of piperidine rings is 1. The molecule has 36 heavy (non-hydrogen) atoms. The van der Waals surface area contributed by atoms with Crippen molar-refractivity contribution >= 4 is 15.8 Å². The summed E-state index contributed by atoms with van der Waals surface area (Å²) in [5.74, 6) is 0.577. The average molecular weight is 515 g/mol. The third-order valence-corrected chi connectivity index (χ3v) is 10.9. The molecule has 2 aromatic rings. The van der Waals surface area contributed by atoms with Crippen LogP contribution < -0.4 is 4.74 Å². The summed E-state index contributed by atoms with van der Waals surface area (Å²) in [7, 11) is -3.72. The molecular weight excluding hydrogens is 476 g/mol. The van der Waals surface area contributed by atoms with Gasteiger partial charge in [-0.2, -0.15) is 0 Å². The molecule has 7 nitrogen and oxygen atoms in total. The SMILES string of the molecule is CCC1C(C)CC(=O)C1(C)S(=O)(=O)N1CCC(c2ccc(-c3cccc(OCCO)n3)c(C)c2)CC1. The first-order valence-corrected chi connectivity index (χ1v) is 14.4. The number of pyridine rings is 1. The molecule has 8 heteroatoms. The zero-order valence-corrected chi connectivity index (χ0v) is 22.6. The normalized spacial score (nSPS) is 25.9. The van der Waals surface area contributed by atoms with Gasteiger partial charge in [-0.15, -0.1) is 0 Å². The van der Waals surface area contributed by atoms with Crippen molar-refractivity contribution in [1.82, 2.24) is 9.29 Å². The quantitative estimate of drug-likeness (QED) is 0.563. The zero-order valence-electron chi connectivity index (χ0n) is 21.7. The summed E-state index contributed by atoms with van der Waals surface area (Å²) in [6.45, 7) is 8.72. The Morgan fingerprint density at radius 1 is 1.19 bits per heavy atom. The molecular formula is C28H38N2O5S. The molecule has 1 aromatic heterocycles. The van der Waals surface area contributed by atoms with Gasteiger partial charge in [0.05, 0.1) is 12.3 Å². The van der Waals surface area contributed by atoms with Gasteiger partial charge in [-0.05, 0) is 61.6 Å². The fourth-order valence-corrected chi connectivity index (χ4v) is 8.62. The van der Waals surface area contributed by atoms with E-state index in [2.05, 4.69) is 30.1 Å². The van der Waals surface area contributed by atoms with Gasteiger partial charge in [0.2, 0.25) is 15.9 Å². The summed E-state index contributed by atoms with van der Waals surface area (Å²) >= 11 is 0. The van der Waals surface area contributed by atoms with Gasteiger partial charge >= 0.3 is 0 Å². The van der Waals surface area contributed by atoms with Crippen LogP contribution in [0.4, 0.5) is 0 Å². The number of aryl methyl sites for hydroxylation is 1. The lowest BCUT2D eigenvalue weighted by molar-refractivity contribution is -0.119. The number of aliphatic hydroxyl groups is 1. The molecule has 1 N–H and O–H groups in total. The Hall–Kier alpha value is -2.29. The number of nitrogens with zero attached hydrogens (tertiary/aromatic N) is 2. The molecule has 0 radical (unpaired) electrons. The molecule has 0 bridgehead atoms. The Labute approximate surface area is 214 Å². The van der Waals surface area contributed by atoms with Crippen LogP contribution in [0.5, 0.6) is 5.88 Å². The molecule has 1 aliphatic heterocycles. The number of sulfonamides is 1. The predicted octanol–water partition coefficient (Wildman–Crippen LogP) is 4.33. The van der Waals surface area contributed by atoms with Crippen molar-refractivity contribution in [2.45, 2.75) is 64.0 Å². The highest BCUT2D eigenvalue weighted by Crippen LogP contribution is 2.46. The van der Waals surface area contributed by atoms with E-state index in [1.807, 2.05) is 26.0 Å². The van der Waals surface area contributed by atoms with E-state index in [0.717, 1.165) is 29.7 Å². The summed E-state index contributed by atoms with van der Waals surface area (Å²) in [5.41, 5.74) is 4.12. The van der Waals surface area contributed by atoms with Crippen molar-refractivity contribution in [3.63, 3.8) is 0 Å². The van der Waals surface area contributed by atoms with Gasteiger partial charge in [0.15, 0.2) is 5.78 Å². The number of carbonyl (C=O) groups is 1. The lowest BCUT2D eigenvalue weighted by Gasteiger charge is -2.39. The fourth-order valence-electron chi connectivity index (χ4n) is 6.24. The van der Waals surface area contributed by atoms with Crippen LogP contribution in [0.1, 0.15) is 63.5 Å². The number of rotatable bonds is 8. The van der Waals surface area contributed by atoms with Gasteiger partial charge in [-0.25, -0.2) is 17.7 Å². The highest BCUT2D eigenvalue weighted by Gasteiger charge is 2.59. The van der Waals surface area contributed by atoms with Gasteiger partial charge < -0.3 is 9.84 Å². The number of carbonyl (C=O) groups excluding carboxylic acids is 1. The van der Waals surface area contributed by atoms with E-state index < -0.39 is 14.8 Å². The summed E-state index contributed by atoms with van der Waals surface area (Å²) in [6.07, 6.45) is 2.51. The highest BCUT2D eigenvalue weighted by molar-refractivity contribution is 7.91. The Balaban J connectivity index is 1.47. The van der Waals surface area contributed by atoms with E-state index in [0.29, 0.717) is 31.8 Å². The van der Waals surface area contributed by atoms with Gasteiger partial charge in [0.25, 0.3) is 0 Å². The molecule has 4 rings (SSSR count). The second-order valence-corrected chi connectivity index (χ2v) is 12.7. The lowest BCUT2D eigenvalue weighted by atomic mass is 9.88. The minimum atomic E-state index is -3.72. The van der Waals surface area contributed by atoms with E-state index in [4.69, 9.17) is 9.84 Å².